The molecule has 0 N–H and O–H groups in total. The van der Waals surface area contributed by atoms with Crippen molar-refractivity contribution in [2.45, 2.75) is 0 Å². The van der Waals surface area contributed by atoms with Gasteiger partial charge in [0.15, 0.2) is 0 Å². The SMILES string of the molecule is [2H]c1c([2H])c([2H])c2c([2H])c(-c3c4ccccc4c(-c4cccc5oc6c7c([2H])c([2H])c([2H])c([2H])c7c([2H])c([2H])c6c45)c4ccccc34)c([2H])c([2H])c2c1[2H]. The minimum atomic E-state index is -0.546. The Balaban J connectivity index is 1.47. The molecule has 0 saturated carbocycles. The van der Waals surface area contributed by atoms with Gasteiger partial charge in [-0.2, -0.15) is 0 Å². The first-order chi connectivity index (χ1) is 25.8. The fourth-order valence-corrected chi connectivity index (χ4v) is 5.95. The molecule has 8 aromatic carbocycles. The molecule has 0 fully saturated rings. The van der Waals surface area contributed by atoms with Crippen molar-refractivity contribution in [2.75, 3.05) is 0 Å². The summed E-state index contributed by atoms with van der Waals surface area (Å²) in [5.41, 5.74) is 2.15. The summed E-state index contributed by atoms with van der Waals surface area (Å²) in [6.45, 7) is 0. The Morgan fingerprint density at radius 2 is 1.10 bits per heavy atom. The van der Waals surface area contributed by atoms with E-state index in [2.05, 4.69) is 0 Å². The number of rotatable bonds is 2. The Morgan fingerprint density at radius 1 is 0.463 bits per heavy atom. The quantitative estimate of drug-likeness (QED) is 0.201. The summed E-state index contributed by atoms with van der Waals surface area (Å²) in [4.78, 5) is 0. The van der Waals surface area contributed by atoms with Gasteiger partial charge in [0.05, 0.1) is 17.8 Å². The van der Waals surface area contributed by atoms with Crippen molar-refractivity contribution in [3.05, 3.63) is 145 Å². The molecular weight excluding hydrogens is 496 g/mol. The molecule has 1 aromatic heterocycles. The molecule has 0 aliphatic heterocycles. The molecule has 1 heteroatoms. The van der Waals surface area contributed by atoms with Crippen LogP contribution in [0.5, 0.6) is 0 Å². The first-order valence-corrected chi connectivity index (χ1v) is 13.1. The monoisotopic (exact) mass is 533 g/mol. The van der Waals surface area contributed by atoms with E-state index in [1.54, 1.807) is 24.3 Å². The highest BCUT2D eigenvalue weighted by molar-refractivity contribution is 6.27. The molecule has 1 heterocycles. The smallest absolute Gasteiger partial charge is 0.143 e. The van der Waals surface area contributed by atoms with Crippen molar-refractivity contribution in [1.29, 1.82) is 0 Å². The summed E-state index contributed by atoms with van der Waals surface area (Å²) in [6, 6.07) is 14.4. The molecule has 0 spiro atoms. The standard InChI is InChI=1S/C40H24O/c1-2-12-27-24-28(21-20-25(27)10-1)37-30-14-5-7-16-32(30)38(33-17-8-6-15-31(33)37)34-18-9-19-36-39(34)35-23-22-26-11-3-4-13-29(26)40(35)41-36/h1-24H/i1D,2D,3D,4D,10D,11D,12D,13D,20D,21D,22D,23D,24D. The molecule has 0 bridgehead atoms. The Hall–Kier alpha value is -5.40. The predicted molar refractivity (Wildman–Crippen MR) is 175 cm³/mol. The van der Waals surface area contributed by atoms with Crippen LogP contribution >= 0.6 is 0 Å². The molecular formula is C40H24O. The predicted octanol–water partition coefficient (Wildman–Crippen LogP) is 11.5. The highest BCUT2D eigenvalue weighted by Gasteiger charge is 2.20. The first-order valence-electron chi connectivity index (χ1n) is 19.6. The lowest BCUT2D eigenvalue weighted by Crippen LogP contribution is -1.91. The Morgan fingerprint density at radius 3 is 1.85 bits per heavy atom. The van der Waals surface area contributed by atoms with Gasteiger partial charge in [0, 0.05) is 16.2 Å². The third-order valence-electron chi connectivity index (χ3n) is 7.64. The molecule has 0 unspecified atom stereocenters. The summed E-state index contributed by atoms with van der Waals surface area (Å²) < 4.78 is 120. The fourth-order valence-electron chi connectivity index (χ4n) is 5.95. The molecule has 0 radical (unpaired) electrons. The third-order valence-corrected chi connectivity index (χ3v) is 7.64. The van der Waals surface area contributed by atoms with E-state index in [4.69, 9.17) is 18.1 Å². The van der Waals surface area contributed by atoms with Crippen LogP contribution in [-0.2, 0) is 0 Å². The van der Waals surface area contributed by atoms with Crippen molar-refractivity contribution in [3.63, 3.8) is 0 Å². The van der Waals surface area contributed by atoms with Crippen LogP contribution in [-0.4, -0.2) is 0 Å². The van der Waals surface area contributed by atoms with Gasteiger partial charge in [-0.25, -0.2) is 0 Å². The number of hydrogen-bond donors (Lipinski definition) is 0. The average Bonchev–Trinajstić information content (AvgIpc) is 3.57. The van der Waals surface area contributed by atoms with E-state index in [0.717, 1.165) is 0 Å². The maximum atomic E-state index is 9.38. The number of fused-ring (bicyclic) bond motifs is 8. The van der Waals surface area contributed by atoms with Crippen LogP contribution in [0.25, 0.3) is 87.3 Å². The van der Waals surface area contributed by atoms with Crippen molar-refractivity contribution in [1.82, 2.24) is 0 Å². The summed E-state index contributed by atoms with van der Waals surface area (Å²) in [5, 5.41) is 2.73. The average molecular weight is 534 g/mol. The third kappa shape index (κ3) is 3.24. The molecule has 0 aliphatic carbocycles. The normalized spacial score (nSPS) is 16.3. The Labute approximate surface area is 255 Å². The van der Waals surface area contributed by atoms with Gasteiger partial charge in [-0.15, -0.1) is 0 Å². The van der Waals surface area contributed by atoms with Gasteiger partial charge in [0.25, 0.3) is 0 Å². The molecule has 190 valence electrons. The zero-order chi connectivity index (χ0) is 38.2. The molecule has 0 amide bonds. The Bertz CT molecular complexity index is 3150. The van der Waals surface area contributed by atoms with Gasteiger partial charge in [0.2, 0.25) is 0 Å². The minimum Gasteiger partial charge on any atom is -0.455 e. The van der Waals surface area contributed by atoms with Gasteiger partial charge in [-0.1, -0.05) is 127 Å². The van der Waals surface area contributed by atoms with Crippen LogP contribution in [0.4, 0.5) is 0 Å². The van der Waals surface area contributed by atoms with Crippen LogP contribution in [0.3, 0.4) is 0 Å². The van der Waals surface area contributed by atoms with Crippen LogP contribution in [0.1, 0.15) is 17.8 Å². The fraction of sp³-hybridized carbons (Fsp3) is 0. The Kier molecular flexibility index (Phi) is 2.77. The lowest BCUT2D eigenvalue weighted by Gasteiger charge is -2.18. The van der Waals surface area contributed by atoms with E-state index in [9.17, 15) is 4.11 Å². The number of furan rings is 1. The zero-order valence-corrected chi connectivity index (χ0v) is 21.3. The van der Waals surface area contributed by atoms with Crippen LogP contribution in [0, 0.1) is 0 Å². The maximum absolute atomic E-state index is 9.38. The van der Waals surface area contributed by atoms with E-state index in [1.807, 2.05) is 42.5 Å². The molecule has 0 atom stereocenters. The van der Waals surface area contributed by atoms with Gasteiger partial charge in [0.1, 0.15) is 11.2 Å². The van der Waals surface area contributed by atoms with Crippen molar-refractivity contribution in [2.24, 2.45) is 0 Å². The van der Waals surface area contributed by atoms with Gasteiger partial charge in [-0.05, 0) is 78.1 Å². The van der Waals surface area contributed by atoms with Gasteiger partial charge in [-0.3, -0.25) is 0 Å². The molecule has 0 saturated heterocycles. The van der Waals surface area contributed by atoms with Crippen molar-refractivity contribution < 1.29 is 22.2 Å². The summed E-state index contributed by atoms with van der Waals surface area (Å²) >= 11 is 0. The molecule has 0 aliphatic rings. The summed E-state index contributed by atoms with van der Waals surface area (Å²) in [5.74, 6) is 0. The lowest BCUT2D eigenvalue weighted by molar-refractivity contribution is 0.673. The van der Waals surface area contributed by atoms with Crippen molar-refractivity contribution >= 4 is 65.0 Å². The minimum absolute atomic E-state index is 0.00985. The van der Waals surface area contributed by atoms with E-state index < -0.39 is 48.3 Å². The summed E-state index contributed by atoms with van der Waals surface area (Å²) in [6.07, 6.45) is 0. The van der Waals surface area contributed by atoms with E-state index in [0.29, 0.717) is 49.2 Å². The van der Waals surface area contributed by atoms with Crippen LogP contribution in [0.15, 0.2) is 150 Å². The molecule has 41 heavy (non-hydrogen) atoms. The van der Waals surface area contributed by atoms with Gasteiger partial charge < -0.3 is 4.42 Å². The topological polar surface area (TPSA) is 13.1 Å². The second-order valence-electron chi connectivity index (χ2n) is 9.83. The maximum Gasteiger partial charge on any atom is 0.143 e. The van der Waals surface area contributed by atoms with Crippen LogP contribution in [0.2, 0.25) is 0 Å². The second-order valence-corrected chi connectivity index (χ2v) is 9.83. The number of benzene rings is 8. The number of hydrogen-bond acceptors (Lipinski definition) is 1. The summed E-state index contributed by atoms with van der Waals surface area (Å²) in [7, 11) is 0. The molecule has 9 rings (SSSR count). The largest absolute Gasteiger partial charge is 0.455 e. The lowest BCUT2D eigenvalue weighted by atomic mass is 9.84. The van der Waals surface area contributed by atoms with Gasteiger partial charge >= 0.3 is 0 Å². The second kappa shape index (κ2) is 8.55. The highest BCUT2D eigenvalue weighted by Crippen LogP contribution is 2.47. The van der Waals surface area contributed by atoms with Crippen molar-refractivity contribution in [3.8, 4) is 22.3 Å². The highest BCUT2D eigenvalue weighted by atomic mass is 16.3. The van der Waals surface area contributed by atoms with E-state index >= 15 is 0 Å². The van der Waals surface area contributed by atoms with E-state index in [1.165, 1.54) is 0 Å². The molecule has 1 nitrogen and oxygen atoms in total. The van der Waals surface area contributed by atoms with Crippen LogP contribution < -0.4 is 0 Å². The molecule has 9 aromatic rings. The van der Waals surface area contributed by atoms with E-state index in [-0.39, 0.29) is 68.3 Å². The first kappa shape index (κ1) is 13.3. The zero-order valence-electron chi connectivity index (χ0n) is 34.3.